The molecule has 0 aliphatic carbocycles. The molecule has 1 N–H and O–H groups in total. The number of rotatable bonds is 10. The van der Waals surface area contributed by atoms with Crippen molar-refractivity contribution in [3.05, 3.63) is 81.3 Å². The minimum atomic E-state index is -4.89. The zero-order valence-electron chi connectivity index (χ0n) is 27.9. The van der Waals surface area contributed by atoms with Crippen LogP contribution in [0.4, 0.5) is 26.3 Å². The molecule has 2 aliphatic heterocycles. The molecular formula is C36H41F6N3O4S. The number of pyridine rings is 1. The average molecular weight is 726 g/mol. The second kappa shape index (κ2) is 14.9. The normalized spacial score (nSPS) is 21.3. The first-order chi connectivity index (χ1) is 23.6. The molecule has 4 heterocycles. The molecule has 14 heteroatoms. The fraction of sp³-hybridized carbons (Fsp3) is 0.528. The van der Waals surface area contributed by atoms with Crippen molar-refractivity contribution in [1.82, 2.24) is 14.8 Å². The largest absolute Gasteiger partial charge is 0.474 e. The van der Waals surface area contributed by atoms with Crippen LogP contribution < -0.4 is 4.74 Å². The van der Waals surface area contributed by atoms with Crippen LogP contribution in [0, 0.1) is 0 Å². The van der Waals surface area contributed by atoms with E-state index in [-0.39, 0.29) is 57.5 Å². The van der Waals surface area contributed by atoms with Gasteiger partial charge in [-0.2, -0.15) is 26.3 Å². The summed E-state index contributed by atoms with van der Waals surface area (Å²) in [5, 5.41) is 13.0. The van der Waals surface area contributed by atoms with Crippen molar-refractivity contribution in [3.63, 3.8) is 0 Å². The minimum Gasteiger partial charge on any atom is -0.474 e. The summed E-state index contributed by atoms with van der Waals surface area (Å²) in [6.45, 7) is 4.02. The van der Waals surface area contributed by atoms with E-state index in [1.165, 1.54) is 9.80 Å². The molecule has 7 nitrogen and oxygen atoms in total. The summed E-state index contributed by atoms with van der Waals surface area (Å²) in [7, 11) is 0. The first kappa shape index (κ1) is 37.6. The summed E-state index contributed by atoms with van der Waals surface area (Å²) in [4.78, 5) is 34.3. The third-order valence-corrected chi connectivity index (χ3v) is 10.7. The third kappa shape index (κ3) is 7.65. The van der Waals surface area contributed by atoms with Crippen molar-refractivity contribution in [2.45, 2.75) is 101 Å². The van der Waals surface area contributed by atoms with Crippen LogP contribution in [0.3, 0.4) is 0 Å². The van der Waals surface area contributed by atoms with Gasteiger partial charge in [0.25, 0.3) is 11.8 Å². The lowest BCUT2D eigenvalue weighted by molar-refractivity contribution is -0.163. The van der Waals surface area contributed by atoms with E-state index < -0.39 is 57.5 Å². The number of amides is 2. The summed E-state index contributed by atoms with van der Waals surface area (Å²) in [5.41, 5.74) is -3.40. The molecule has 1 aromatic carbocycles. The summed E-state index contributed by atoms with van der Waals surface area (Å²) in [6, 6.07) is 9.14. The number of aromatic nitrogens is 1. The zero-order valence-corrected chi connectivity index (χ0v) is 28.8. The Bertz CT molecular complexity index is 1650. The molecule has 2 amide bonds. The lowest BCUT2D eigenvalue weighted by atomic mass is 9.78. The third-order valence-electron chi connectivity index (χ3n) is 9.71. The maximum Gasteiger partial charge on any atom is 0.425 e. The Morgan fingerprint density at radius 3 is 2.34 bits per heavy atom. The standard InChI is InChI=1S/C36H41F6N3O4S/c1-3-5-11-24-12-6-7-13-26(24)33(48)16-20-44(21-17-33)32(47)34(49-25-22-29(50-23-25)36(40,41)42)15-9-19-45(28(34)10-4-2)31(46)30-27(35(37,38)39)14-8-18-43-30/h6-8,12-14,18,22-23,28,48H,3-5,9-11,15-17,19-21H2,1-2H3/t28-,34+/m1/s1. The van der Waals surface area contributed by atoms with Crippen molar-refractivity contribution >= 4 is 23.2 Å². The second-order valence-corrected chi connectivity index (χ2v) is 13.9. The SMILES string of the molecule is CCCCc1ccccc1C1(O)CCN(C(=O)[C@]2(Oc3csc(C(F)(F)F)c3)CCCN(C(=O)c3ncccc3C(F)(F)F)[C@@H]2CCC)CC1. The number of aryl methyl sites for hydroxylation is 1. The number of unbranched alkanes of at least 4 members (excludes halogenated alkanes) is 1. The summed E-state index contributed by atoms with van der Waals surface area (Å²) < 4.78 is 89.2. The lowest BCUT2D eigenvalue weighted by Crippen LogP contribution is -2.68. The van der Waals surface area contributed by atoms with E-state index in [0.717, 1.165) is 60.2 Å². The van der Waals surface area contributed by atoms with Gasteiger partial charge in [-0.15, -0.1) is 11.3 Å². The highest BCUT2D eigenvalue weighted by molar-refractivity contribution is 7.10. The van der Waals surface area contributed by atoms with Gasteiger partial charge < -0.3 is 19.6 Å². The van der Waals surface area contributed by atoms with Crippen LogP contribution >= 0.6 is 11.3 Å². The van der Waals surface area contributed by atoms with Crippen molar-refractivity contribution in [3.8, 4) is 5.75 Å². The number of aliphatic hydroxyl groups is 1. The molecular weight excluding hydrogens is 684 g/mol. The fourth-order valence-corrected chi connectivity index (χ4v) is 7.93. The Morgan fingerprint density at radius 2 is 1.70 bits per heavy atom. The summed E-state index contributed by atoms with van der Waals surface area (Å²) >= 11 is 0.395. The van der Waals surface area contributed by atoms with Gasteiger partial charge in [-0.1, -0.05) is 51.0 Å². The Balaban J connectivity index is 1.52. The van der Waals surface area contributed by atoms with E-state index in [0.29, 0.717) is 17.8 Å². The van der Waals surface area contributed by atoms with E-state index in [1.54, 1.807) is 6.92 Å². The van der Waals surface area contributed by atoms with Crippen molar-refractivity contribution in [2.24, 2.45) is 0 Å². The van der Waals surface area contributed by atoms with Crippen molar-refractivity contribution < 1.29 is 45.8 Å². The van der Waals surface area contributed by atoms with Gasteiger partial charge in [0, 0.05) is 43.7 Å². The second-order valence-electron chi connectivity index (χ2n) is 13.0. The number of piperidine rings is 2. The van der Waals surface area contributed by atoms with E-state index in [9.17, 15) is 41.0 Å². The topological polar surface area (TPSA) is 83.0 Å². The number of alkyl halides is 6. The smallest absolute Gasteiger partial charge is 0.425 e. The molecule has 5 rings (SSSR count). The molecule has 3 aromatic rings. The predicted octanol–water partition coefficient (Wildman–Crippen LogP) is 8.26. The number of thiophene rings is 1. The van der Waals surface area contributed by atoms with Gasteiger partial charge in [0.05, 0.1) is 17.2 Å². The first-order valence-electron chi connectivity index (χ1n) is 16.9. The highest BCUT2D eigenvalue weighted by atomic mass is 32.1. The molecule has 0 saturated carbocycles. The Morgan fingerprint density at radius 1 is 0.980 bits per heavy atom. The van der Waals surface area contributed by atoms with E-state index in [1.807, 2.05) is 24.3 Å². The van der Waals surface area contributed by atoms with Gasteiger partial charge >= 0.3 is 12.4 Å². The quantitative estimate of drug-likeness (QED) is 0.213. The predicted molar refractivity (Wildman–Crippen MR) is 176 cm³/mol. The van der Waals surface area contributed by atoms with Gasteiger partial charge in [0.15, 0.2) is 0 Å². The number of likely N-dealkylation sites (tertiary alicyclic amines) is 2. The van der Waals surface area contributed by atoms with Crippen LogP contribution in [0.15, 0.2) is 54.0 Å². The number of halogens is 6. The molecule has 272 valence electrons. The van der Waals surface area contributed by atoms with Crippen LogP contribution in [0.2, 0.25) is 0 Å². The Labute approximate surface area is 291 Å². The van der Waals surface area contributed by atoms with Gasteiger partial charge in [-0.05, 0) is 61.8 Å². The van der Waals surface area contributed by atoms with Crippen LogP contribution in [-0.4, -0.2) is 63.0 Å². The van der Waals surface area contributed by atoms with Gasteiger partial charge in [0.2, 0.25) is 5.60 Å². The monoisotopic (exact) mass is 725 g/mol. The molecule has 2 aliphatic rings. The maximum atomic E-state index is 14.8. The lowest BCUT2D eigenvalue weighted by Gasteiger charge is -2.51. The van der Waals surface area contributed by atoms with Gasteiger partial charge in [-0.3, -0.25) is 14.6 Å². The van der Waals surface area contributed by atoms with Crippen molar-refractivity contribution in [2.75, 3.05) is 19.6 Å². The number of carbonyl (C=O) groups excluding carboxylic acids is 2. The Hall–Kier alpha value is -3.65. The fourth-order valence-electron chi connectivity index (χ4n) is 7.25. The molecule has 2 fully saturated rings. The number of hydrogen-bond acceptors (Lipinski definition) is 6. The van der Waals surface area contributed by atoms with Crippen LogP contribution in [-0.2, 0) is 29.2 Å². The molecule has 50 heavy (non-hydrogen) atoms. The van der Waals surface area contributed by atoms with E-state index in [2.05, 4.69) is 11.9 Å². The Kier molecular flexibility index (Phi) is 11.2. The summed E-state index contributed by atoms with van der Waals surface area (Å²) in [5.74, 6) is -1.86. The molecule has 0 unspecified atom stereocenters. The number of nitrogens with zero attached hydrogens (tertiary/aromatic N) is 3. The number of ether oxygens (including phenoxy) is 1. The maximum absolute atomic E-state index is 14.8. The van der Waals surface area contributed by atoms with Crippen molar-refractivity contribution in [1.29, 1.82) is 0 Å². The van der Waals surface area contributed by atoms with Crippen LogP contribution in [0.5, 0.6) is 5.75 Å². The molecule has 0 radical (unpaired) electrons. The first-order valence-corrected chi connectivity index (χ1v) is 17.8. The average Bonchev–Trinajstić information content (AvgIpc) is 3.57. The molecule has 0 bridgehead atoms. The minimum absolute atomic E-state index is 0.00639. The molecule has 2 atom stereocenters. The van der Waals surface area contributed by atoms with E-state index >= 15 is 0 Å². The van der Waals surface area contributed by atoms with Crippen LogP contribution in [0.1, 0.15) is 97.3 Å². The molecule has 0 spiro atoms. The van der Waals surface area contributed by atoms with Crippen LogP contribution in [0.25, 0.3) is 0 Å². The van der Waals surface area contributed by atoms with Gasteiger partial charge in [0.1, 0.15) is 16.3 Å². The highest BCUT2D eigenvalue weighted by Gasteiger charge is 2.56. The summed E-state index contributed by atoms with van der Waals surface area (Å²) in [6.07, 6.45) is -4.79. The molecule has 2 saturated heterocycles. The number of hydrogen-bond donors (Lipinski definition) is 1. The van der Waals surface area contributed by atoms with Gasteiger partial charge in [-0.25, -0.2) is 0 Å². The highest BCUT2D eigenvalue weighted by Crippen LogP contribution is 2.44. The zero-order chi connectivity index (χ0) is 36.3. The van der Waals surface area contributed by atoms with E-state index in [4.69, 9.17) is 4.74 Å². The molecule has 2 aromatic heterocycles. The number of carbonyl (C=O) groups is 2. The number of benzene rings is 1.